The molecule has 0 bridgehead atoms. The van der Waals surface area contributed by atoms with Gasteiger partial charge in [0.1, 0.15) is 11.3 Å². The third kappa shape index (κ3) is 4.50. The Morgan fingerprint density at radius 3 is 2.78 bits per heavy atom. The molecule has 5 aromatic rings. The van der Waals surface area contributed by atoms with Crippen LogP contribution in [0.1, 0.15) is 24.5 Å². The normalized spacial score (nSPS) is 11.8. The third-order valence-electron chi connectivity index (χ3n) is 6.55. The maximum Gasteiger partial charge on any atom is 0.244 e. The first kappa shape index (κ1) is 23.4. The van der Waals surface area contributed by atoms with Gasteiger partial charge in [-0.25, -0.2) is 4.98 Å². The van der Waals surface area contributed by atoms with E-state index < -0.39 is 0 Å². The lowest BCUT2D eigenvalue weighted by atomic mass is 9.94. The summed E-state index contributed by atoms with van der Waals surface area (Å²) in [5, 5.41) is 6.32. The number of imidazole rings is 1. The highest BCUT2D eigenvalue weighted by molar-refractivity contribution is 6.07. The maximum absolute atomic E-state index is 12.7. The number of hydrogen-bond acceptors (Lipinski definition) is 4. The number of hydrogen-bond donors (Lipinski definition) is 1. The summed E-state index contributed by atoms with van der Waals surface area (Å²) in [4.78, 5) is 16.7. The Hall–Kier alpha value is -4.32. The number of rotatable bonds is 8. The number of aromatic nitrogens is 2. The maximum atomic E-state index is 12.7. The number of carbonyl (C=O) groups is 1. The summed E-state index contributed by atoms with van der Waals surface area (Å²) >= 11 is 0. The highest BCUT2D eigenvalue weighted by atomic mass is 16.5. The Kier molecular flexibility index (Phi) is 6.58. The van der Waals surface area contributed by atoms with Crippen molar-refractivity contribution in [2.45, 2.75) is 26.8 Å². The minimum atomic E-state index is -0.126. The summed E-state index contributed by atoms with van der Waals surface area (Å²) in [5.41, 5.74) is 5.53. The van der Waals surface area contributed by atoms with Crippen LogP contribution in [0, 0.1) is 6.92 Å². The van der Waals surface area contributed by atoms with Gasteiger partial charge in [-0.05, 0) is 48.2 Å². The van der Waals surface area contributed by atoms with Crippen LogP contribution in [0.3, 0.4) is 0 Å². The van der Waals surface area contributed by atoms with Gasteiger partial charge in [-0.1, -0.05) is 42.5 Å². The van der Waals surface area contributed by atoms with Crippen LogP contribution in [0.5, 0.6) is 5.75 Å². The van der Waals surface area contributed by atoms with Crippen LogP contribution in [0.25, 0.3) is 38.4 Å². The van der Waals surface area contributed by atoms with Crippen molar-refractivity contribution in [2.24, 2.45) is 0 Å². The molecule has 0 fully saturated rings. The molecule has 2 heterocycles. The quantitative estimate of drug-likeness (QED) is 0.207. The predicted molar refractivity (Wildman–Crippen MR) is 144 cm³/mol. The first-order chi connectivity index (χ1) is 17.6. The summed E-state index contributed by atoms with van der Waals surface area (Å²) in [6.45, 7) is 5.32. The first-order valence-corrected chi connectivity index (χ1v) is 12.1. The largest absolute Gasteiger partial charge is 0.496 e. The van der Waals surface area contributed by atoms with Crippen LogP contribution in [-0.4, -0.2) is 29.1 Å². The number of amides is 1. The van der Waals surface area contributed by atoms with Crippen LogP contribution in [0.2, 0.25) is 0 Å². The molecule has 2 aromatic heterocycles. The van der Waals surface area contributed by atoms with Crippen LogP contribution in [0.4, 0.5) is 0 Å². The van der Waals surface area contributed by atoms with Gasteiger partial charge in [0.25, 0.3) is 0 Å². The molecule has 0 saturated carbocycles. The van der Waals surface area contributed by atoms with Crippen LogP contribution in [-0.2, 0) is 11.3 Å². The molecule has 0 radical (unpaired) electrons. The van der Waals surface area contributed by atoms with E-state index in [2.05, 4.69) is 52.8 Å². The summed E-state index contributed by atoms with van der Waals surface area (Å²) in [6.07, 6.45) is 9.72. The van der Waals surface area contributed by atoms with E-state index in [1.165, 1.54) is 10.8 Å². The number of carbonyl (C=O) groups excluding carboxylic acids is 1. The van der Waals surface area contributed by atoms with Gasteiger partial charge in [-0.15, -0.1) is 0 Å². The Morgan fingerprint density at radius 2 is 1.97 bits per heavy atom. The molecule has 6 heteroatoms. The second-order valence-corrected chi connectivity index (χ2v) is 8.91. The number of aryl methyl sites for hydroxylation is 2. The molecule has 0 unspecified atom stereocenters. The molecule has 0 aliphatic rings. The van der Waals surface area contributed by atoms with Gasteiger partial charge < -0.3 is 19.0 Å². The standard InChI is InChI=1S/C30H29N3O3/c1-20(16-28(34)32-12-7-14-33-15-13-31-19-33)25-17-26-27(18-36-30(26)21(2)29(25)35-3)24-11-6-9-22-8-4-5-10-23(22)24/h4-6,8-11,13,15-19H,7,12,14H2,1-3H3,(H,32,34)/b20-16+. The van der Waals surface area contributed by atoms with Gasteiger partial charge in [-0.2, -0.15) is 0 Å². The molecule has 6 nitrogen and oxygen atoms in total. The van der Waals surface area contributed by atoms with Crippen LogP contribution >= 0.6 is 0 Å². The average molecular weight is 480 g/mol. The summed E-state index contributed by atoms with van der Waals surface area (Å²) in [6, 6.07) is 16.7. The fourth-order valence-corrected chi connectivity index (χ4v) is 4.76. The Labute approximate surface area is 210 Å². The lowest BCUT2D eigenvalue weighted by molar-refractivity contribution is -0.116. The van der Waals surface area contributed by atoms with Crippen molar-refractivity contribution in [1.29, 1.82) is 0 Å². The van der Waals surface area contributed by atoms with Crippen LogP contribution < -0.4 is 10.1 Å². The van der Waals surface area contributed by atoms with Crippen molar-refractivity contribution in [3.8, 4) is 16.9 Å². The number of allylic oxidation sites excluding steroid dienone is 1. The number of nitrogens with zero attached hydrogens (tertiary/aromatic N) is 2. The van der Waals surface area contributed by atoms with Crippen molar-refractivity contribution in [1.82, 2.24) is 14.9 Å². The molecule has 0 spiro atoms. The smallest absolute Gasteiger partial charge is 0.244 e. The second-order valence-electron chi connectivity index (χ2n) is 8.91. The molecule has 0 aliphatic heterocycles. The Bertz CT molecular complexity index is 1560. The number of ether oxygens (including phenoxy) is 1. The van der Waals surface area contributed by atoms with E-state index in [9.17, 15) is 4.79 Å². The minimum absolute atomic E-state index is 0.126. The van der Waals surface area contributed by atoms with Crippen molar-refractivity contribution >= 4 is 33.2 Å². The number of furan rings is 1. The molecule has 5 rings (SSSR count). The Morgan fingerprint density at radius 1 is 1.14 bits per heavy atom. The average Bonchev–Trinajstić information content (AvgIpc) is 3.56. The molecular formula is C30H29N3O3. The molecule has 1 N–H and O–H groups in total. The van der Waals surface area contributed by atoms with Gasteiger partial charge in [0.15, 0.2) is 0 Å². The van der Waals surface area contributed by atoms with Crippen molar-refractivity contribution < 1.29 is 13.9 Å². The van der Waals surface area contributed by atoms with Gasteiger partial charge in [0.05, 0.1) is 19.7 Å². The van der Waals surface area contributed by atoms with E-state index >= 15 is 0 Å². The summed E-state index contributed by atoms with van der Waals surface area (Å²) < 4.78 is 13.8. The molecule has 0 aliphatic carbocycles. The Balaban J connectivity index is 1.47. The fourth-order valence-electron chi connectivity index (χ4n) is 4.76. The lowest BCUT2D eigenvalue weighted by Crippen LogP contribution is -2.23. The summed E-state index contributed by atoms with van der Waals surface area (Å²) in [7, 11) is 1.65. The molecule has 1 amide bonds. The van der Waals surface area contributed by atoms with E-state index in [1.807, 2.05) is 36.9 Å². The lowest BCUT2D eigenvalue weighted by Gasteiger charge is -2.14. The zero-order chi connectivity index (χ0) is 25.1. The van der Waals surface area contributed by atoms with Crippen molar-refractivity contribution in [3.63, 3.8) is 0 Å². The second kappa shape index (κ2) is 10.1. The van der Waals surface area contributed by atoms with Gasteiger partial charge in [-0.3, -0.25) is 4.79 Å². The molecular weight excluding hydrogens is 450 g/mol. The highest BCUT2D eigenvalue weighted by Crippen LogP contribution is 2.42. The zero-order valence-electron chi connectivity index (χ0n) is 20.7. The van der Waals surface area contributed by atoms with Crippen LogP contribution in [0.15, 0.2) is 84.0 Å². The molecule has 0 saturated heterocycles. The fraction of sp³-hybridized carbons (Fsp3) is 0.200. The molecule has 182 valence electrons. The number of benzene rings is 3. The first-order valence-electron chi connectivity index (χ1n) is 12.1. The highest BCUT2D eigenvalue weighted by Gasteiger charge is 2.19. The topological polar surface area (TPSA) is 69.3 Å². The molecule has 36 heavy (non-hydrogen) atoms. The molecule has 3 aromatic carbocycles. The van der Waals surface area contributed by atoms with E-state index in [4.69, 9.17) is 9.15 Å². The minimum Gasteiger partial charge on any atom is -0.496 e. The van der Waals surface area contributed by atoms with E-state index in [1.54, 1.807) is 25.7 Å². The predicted octanol–water partition coefficient (Wildman–Crippen LogP) is 6.38. The van der Waals surface area contributed by atoms with Gasteiger partial charge >= 0.3 is 0 Å². The number of nitrogens with one attached hydrogen (secondary N) is 1. The molecule has 0 atom stereocenters. The van der Waals surface area contributed by atoms with E-state index in [0.29, 0.717) is 12.3 Å². The monoisotopic (exact) mass is 479 g/mol. The summed E-state index contributed by atoms with van der Waals surface area (Å²) in [5.74, 6) is 0.586. The van der Waals surface area contributed by atoms with Crippen molar-refractivity contribution in [2.75, 3.05) is 13.7 Å². The van der Waals surface area contributed by atoms with E-state index in [-0.39, 0.29) is 5.91 Å². The van der Waals surface area contributed by atoms with E-state index in [0.717, 1.165) is 51.8 Å². The number of methoxy groups -OCH3 is 1. The zero-order valence-corrected chi connectivity index (χ0v) is 20.7. The number of fused-ring (bicyclic) bond motifs is 2. The van der Waals surface area contributed by atoms with Gasteiger partial charge in [0, 0.05) is 53.6 Å². The van der Waals surface area contributed by atoms with Gasteiger partial charge in [0.2, 0.25) is 5.91 Å². The van der Waals surface area contributed by atoms with Crippen molar-refractivity contribution in [3.05, 3.63) is 90.7 Å². The third-order valence-corrected chi connectivity index (χ3v) is 6.55. The SMILES string of the molecule is COc1c(/C(C)=C/C(=O)NCCCn2ccnc2)cc2c(-c3cccc4ccccc34)coc2c1C.